The smallest absolute Gasteiger partial charge is 0.208 e. The minimum Gasteiger partial charge on any atom is -0.384 e. The minimum atomic E-state index is -0.241. The van der Waals surface area contributed by atoms with Crippen LogP contribution in [0.4, 0.5) is 16.0 Å². The summed E-state index contributed by atoms with van der Waals surface area (Å²) in [6.45, 7) is 5.05. The van der Waals surface area contributed by atoms with Crippen LogP contribution in [0.25, 0.3) is 16.9 Å². The van der Waals surface area contributed by atoms with Gasteiger partial charge in [0.2, 0.25) is 5.95 Å². The Labute approximate surface area is 176 Å². The Kier molecular flexibility index (Phi) is 4.37. The number of imidazole rings is 1. The molecule has 2 N–H and O–H groups in total. The first-order valence-electron chi connectivity index (χ1n) is 9.55. The Morgan fingerprint density at radius 3 is 2.97 bits per heavy atom. The summed E-state index contributed by atoms with van der Waals surface area (Å²) in [5, 5.41) is 16.8. The van der Waals surface area contributed by atoms with E-state index in [4.69, 9.17) is 0 Å². The second kappa shape index (κ2) is 7.07. The van der Waals surface area contributed by atoms with Crippen molar-refractivity contribution in [2.24, 2.45) is 0 Å². The summed E-state index contributed by atoms with van der Waals surface area (Å²) in [6, 6.07) is 5.35. The fourth-order valence-corrected chi connectivity index (χ4v) is 4.74. The normalized spacial score (nSPS) is 12.6. The van der Waals surface area contributed by atoms with Gasteiger partial charge in [0.1, 0.15) is 11.9 Å². The van der Waals surface area contributed by atoms with Crippen LogP contribution >= 0.6 is 11.3 Å². The van der Waals surface area contributed by atoms with Gasteiger partial charge < -0.3 is 10.6 Å². The number of thiazole rings is 1. The van der Waals surface area contributed by atoms with Crippen LogP contribution in [0.15, 0.2) is 24.5 Å². The molecule has 0 unspecified atom stereocenters. The van der Waals surface area contributed by atoms with Gasteiger partial charge in [-0.05, 0) is 38.0 Å². The third kappa shape index (κ3) is 2.97. The largest absolute Gasteiger partial charge is 0.384 e. The number of fused-ring (bicyclic) bond motifs is 2. The van der Waals surface area contributed by atoms with E-state index < -0.39 is 0 Å². The molecule has 0 saturated heterocycles. The minimum absolute atomic E-state index is 0.241. The van der Waals surface area contributed by atoms with Gasteiger partial charge >= 0.3 is 0 Å². The maximum absolute atomic E-state index is 14.5. The van der Waals surface area contributed by atoms with Crippen LogP contribution in [0.1, 0.15) is 26.7 Å². The molecule has 0 fully saturated rings. The van der Waals surface area contributed by atoms with Crippen molar-refractivity contribution >= 4 is 28.6 Å². The maximum atomic E-state index is 14.5. The van der Waals surface area contributed by atoms with E-state index in [1.807, 2.05) is 13.8 Å². The van der Waals surface area contributed by atoms with Gasteiger partial charge in [0, 0.05) is 35.4 Å². The number of aromatic nitrogens is 4. The molecule has 1 aliphatic rings. The lowest BCUT2D eigenvalue weighted by Crippen LogP contribution is -2.10. The molecule has 9 heteroatoms. The first kappa shape index (κ1) is 18.5. The summed E-state index contributed by atoms with van der Waals surface area (Å²) in [7, 11) is 0. The van der Waals surface area contributed by atoms with Crippen LogP contribution in [-0.4, -0.2) is 25.9 Å². The predicted octanol–water partition coefficient (Wildman–Crippen LogP) is 4.06. The maximum Gasteiger partial charge on any atom is 0.208 e. The Bertz CT molecular complexity index is 1330. The first-order chi connectivity index (χ1) is 14.5. The van der Waals surface area contributed by atoms with Crippen LogP contribution in [0.5, 0.6) is 0 Å². The van der Waals surface area contributed by atoms with Crippen LogP contribution in [0.2, 0.25) is 0 Å². The van der Waals surface area contributed by atoms with Crippen molar-refractivity contribution in [3.8, 4) is 17.3 Å². The number of aryl methyl sites for hydroxylation is 2. The number of hydrogen-bond donors (Lipinski definition) is 2. The SMILES string of the molecule is Cc1nc(-c2cnc(NCc3c(F)ccc4c3CCN4)n3cc(C#N)nc23)c(C)s1. The summed E-state index contributed by atoms with van der Waals surface area (Å²) in [4.78, 5) is 14.7. The van der Waals surface area contributed by atoms with Gasteiger partial charge in [-0.2, -0.15) is 5.26 Å². The highest BCUT2D eigenvalue weighted by Gasteiger charge is 2.20. The zero-order valence-corrected chi connectivity index (χ0v) is 17.3. The molecule has 0 aliphatic carbocycles. The molecular weight excluding hydrogens is 401 g/mol. The molecule has 7 nitrogen and oxygen atoms in total. The van der Waals surface area contributed by atoms with Gasteiger partial charge in [-0.15, -0.1) is 11.3 Å². The van der Waals surface area contributed by atoms with Crippen LogP contribution in [0.3, 0.4) is 0 Å². The average Bonchev–Trinajstić information content (AvgIpc) is 3.45. The third-order valence-corrected chi connectivity index (χ3v) is 6.14. The van der Waals surface area contributed by atoms with Gasteiger partial charge in [0.25, 0.3) is 0 Å². The van der Waals surface area contributed by atoms with Gasteiger partial charge in [-0.25, -0.2) is 19.3 Å². The molecular formula is C21H18FN7S. The fraction of sp³-hybridized carbons (Fsp3) is 0.238. The van der Waals surface area contributed by atoms with Crippen molar-refractivity contribution in [2.75, 3.05) is 17.2 Å². The van der Waals surface area contributed by atoms with E-state index in [1.54, 1.807) is 34.2 Å². The molecule has 3 aromatic heterocycles. The van der Waals surface area contributed by atoms with Crippen molar-refractivity contribution < 1.29 is 4.39 Å². The average molecular weight is 419 g/mol. The number of rotatable bonds is 4. The molecule has 30 heavy (non-hydrogen) atoms. The number of hydrogen-bond acceptors (Lipinski definition) is 7. The Morgan fingerprint density at radius 1 is 1.33 bits per heavy atom. The van der Waals surface area contributed by atoms with Crippen LogP contribution < -0.4 is 10.6 Å². The highest BCUT2D eigenvalue weighted by molar-refractivity contribution is 7.11. The molecule has 0 atom stereocenters. The van der Waals surface area contributed by atoms with E-state index in [0.29, 0.717) is 17.2 Å². The van der Waals surface area contributed by atoms with E-state index in [9.17, 15) is 9.65 Å². The Balaban J connectivity index is 1.56. The van der Waals surface area contributed by atoms with Crippen molar-refractivity contribution in [1.29, 1.82) is 5.26 Å². The van der Waals surface area contributed by atoms with Crippen LogP contribution in [0, 0.1) is 31.0 Å². The third-order valence-electron chi connectivity index (χ3n) is 5.25. The molecule has 150 valence electrons. The highest BCUT2D eigenvalue weighted by atomic mass is 32.1. The lowest BCUT2D eigenvalue weighted by atomic mass is 10.0. The lowest BCUT2D eigenvalue weighted by molar-refractivity contribution is 0.610. The topological polar surface area (TPSA) is 90.9 Å². The molecule has 5 rings (SSSR count). The van der Waals surface area contributed by atoms with E-state index in [0.717, 1.165) is 45.4 Å². The summed E-state index contributed by atoms with van der Waals surface area (Å²) < 4.78 is 16.2. The summed E-state index contributed by atoms with van der Waals surface area (Å²) in [6.07, 6.45) is 4.13. The predicted molar refractivity (Wildman–Crippen MR) is 114 cm³/mol. The number of benzene rings is 1. The lowest BCUT2D eigenvalue weighted by Gasteiger charge is -2.13. The molecule has 1 aliphatic heterocycles. The molecule has 0 amide bonds. The van der Waals surface area contributed by atoms with E-state index in [2.05, 4.69) is 31.7 Å². The molecule has 0 saturated carbocycles. The second-order valence-corrected chi connectivity index (χ2v) is 8.55. The van der Waals surface area contributed by atoms with Crippen molar-refractivity contribution in [2.45, 2.75) is 26.8 Å². The molecule has 1 aromatic carbocycles. The number of nitrogens with one attached hydrogen (secondary N) is 2. The first-order valence-corrected chi connectivity index (χ1v) is 10.4. The Morgan fingerprint density at radius 2 is 2.20 bits per heavy atom. The van der Waals surface area contributed by atoms with Gasteiger partial charge in [0.15, 0.2) is 11.3 Å². The zero-order chi connectivity index (χ0) is 20.8. The molecule has 0 spiro atoms. The number of nitrogens with zero attached hydrogens (tertiary/aromatic N) is 5. The second-order valence-electron chi connectivity index (χ2n) is 7.15. The van der Waals surface area contributed by atoms with Crippen molar-refractivity contribution in [3.05, 3.63) is 57.0 Å². The van der Waals surface area contributed by atoms with Crippen LogP contribution in [-0.2, 0) is 13.0 Å². The molecule has 0 bridgehead atoms. The van der Waals surface area contributed by atoms with Gasteiger partial charge in [-0.3, -0.25) is 4.40 Å². The van der Waals surface area contributed by atoms with E-state index in [1.165, 1.54) is 6.07 Å². The van der Waals surface area contributed by atoms with Crippen molar-refractivity contribution in [1.82, 2.24) is 19.4 Å². The summed E-state index contributed by atoms with van der Waals surface area (Å²) >= 11 is 1.61. The summed E-state index contributed by atoms with van der Waals surface area (Å²) in [5.41, 5.74) is 5.06. The molecule has 0 radical (unpaired) electrons. The monoisotopic (exact) mass is 419 g/mol. The Hall–Kier alpha value is -3.51. The molecule has 4 aromatic rings. The van der Waals surface area contributed by atoms with Crippen molar-refractivity contribution in [3.63, 3.8) is 0 Å². The quantitative estimate of drug-likeness (QED) is 0.518. The molecule has 4 heterocycles. The number of nitriles is 1. The highest BCUT2D eigenvalue weighted by Crippen LogP contribution is 2.32. The van der Waals surface area contributed by atoms with Gasteiger partial charge in [-0.1, -0.05) is 0 Å². The zero-order valence-electron chi connectivity index (χ0n) is 16.5. The van der Waals surface area contributed by atoms with E-state index >= 15 is 0 Å². The standard InChI is InChI=1S/C21H18FN7S/c1-11-19(27-12(2)30-11)16-9-26-21(29-10-13(7-23)28-20(16)29)25-8-15-14-5-6-24-18(14)4-3-17(15)22/h3-4,9-10,24H,5-6,8H2,1-2H3,(H,25,26). The fourth-order valence-electron chi connectivity index (χ4n) is 3.90. The summed E-state index contributed by atoms with van der Waals surface area (Å²) in [5.74, 6) is 0.255. The van der Waals surface area contributed by atoms with Gasteiger partial charge in [0.05, 0.1) is 22.5 Å². The number of halogens is 1. The number of anilines is 2. The van der Waals surface area contributed by atoms with E-state index in [-0.39, 0.29) is 18.1 Å².